The number of hydrogen-bond donors (Lipinski definition) is 0. The molecule has 16 heavy (non-hydrogen) atoms. The zero-order chi connectivity index (χ0) is 11.0. The minimum atomic E-state index is 0.317. The molecular formula is C12H10BrNOS. The molecule has 2 nitrogen and oxygen atoms in total. The Morgan fingerprint density at radius 3 is 2.56 bits per heavy atom. The van der Waals surface area contributed by atoms with Gasteiger partial charge in [0, 0.05) is 17.4 Å². The van der Waals surface area contributed by atoms with Gasteiger partial charge in [-0.2, -0.15) is 0 Å². The lowest BCUT2D eigenvalue weighted by atomic mass is 10.0. The van der Waals surface area contributed by atoms with Crippen LogP contribution in [0.1, 0.15) is 18.1 Å². The predicted octanol–water partition coefficient (Wildman–Crippen LogP) is 4.03. The first-order valence-electron chi connectivity index (χ1n) is 5.16. The molecule has 2 aromatic rings. The fraction of sp³-hybridized carbons (Fsp3) is 0.250. The third kappa shape index (κ3) is 1.93. The van der Waals surface area contributed by atoms with E-state index in [1.807, 2.05) is 5.38 Å². The highest BCUT2D eigenvalue weighted by molar-refractivity contribution is 9.10. The maximum absolute atomic E-state index is 5.45. The largest absolute Gasteiger partial charge is 0.373 e. The van der Waals surface area contributed by atoms with Crippen LogP contribution in [0.3, 0.4) is 0 Å². The number of rotatable bonds is 2. The van der Waals surface area contributed by atoms with Crippen LogP contribution in [0.4, 0.5) is 0 Å². The standard InChI is InChI=1S/C12H10BrNOS/c13-11-7-16-12(14-11)9-3-1-8(2-4-9)10-5-6-15-10/h1-4,7,10H,5-6H2. The Kier molecular flexibility index (Phi) is 2.79. The monoisotopic (exact) mass is 295 g/mol. The molecule has 1 unspecified atom stereocenters. The quantitative estimate of drug-likeness (QED) is 0.834. The Morgan fingerprint density at radius 1 is 1.31 bits per heavy atom. The summed E-state index contributed by atoms with van der Waals surface area (Å²) in [5.74, 6) is 0. The summed E-state index contributed by atoms with van der Waals surface area (Å²) in [4.78, 5) is 4.39. The third-order valence-electron chi connectivity index (χ3n) is 2.70. The molecule has 3 rings (SSSR count). The van der Waals surface area contributed by atoms with Gasteiger partial charge >= 0.3 is 0 Å². The van der Waals surface area contributed by atoms with E-state index in [1.54, 1.807) is 11.3 Å². The average molecular weight is 296 g/mol. The molecule has 0 amide bonds. The van der Waals surface area contributed by atoms with Gasteiger partial charge in [-0.05, 0) is 21.5 Å². The Hall–Kier alpha value is -0.710. The normalized spacial score (nSPS) is 19.4. The molecule has 1 saturated heterocycles. The lowest BCUT2D eigenvalue weighted by Gasteiger charge is -2.26. The Labute approximate surface area is 106 Å². The molecule has 1 aromatic heterocycles. The van der Waals surface area contributed by atoms with Gasteiger partial charge < -0.3 is 4.74 Å². The van der Waals surface area contributed by atoms with E-state index in [0.717, 1.165) is 22.6 Å². The van der Waals surface area contributed by atoms with E-state index >= 15 is 0 Å². The van der Waals surface area contributed by atoms with Gasteiger partial charge in [0.1, 0.15) is 9.61 Å². The predicted molar refractivity (Wildman–Crippen MR) is 68.6 cm³/mol. The smallest absolute Gasteiger partial charge is 0.124 e. The molecule has 1 aliphatic heterocycles. The van der Waals surface area contributed by atoms with Gasteiger partial charge in [-0.3, -0.25) is 0 Å². The molecule has 0 bridgehead atoms. The van der Waals surface area contributed by atoms with Crippen LogP contribution >= 0.6 is 27.3 Å². The van der Waals surface area contributed by atoms with Crippen LogP contribution in [0.15, 0.2) is 34.2 Å². The van der Waals surface area contributed by atoms with Crippen molar-refractivity contribution in [2.75, 3.05) is 6.61 Å². The lowest BCUT2D eigenvalue weighted by molar-refractivity contribution is -0.0527. The first-order chi connectivity index (χ1) is 7.83. The summed E-state index contributed by atoms with van der Waals surface area (Å²) < 4.78 is 6.35. The van der Waals surface area contributed by atoms with Crippen molar-refractivity contribution in [1.82, 2.24) is 4.98 Å². The summed E-state index contributed by atoms with van der Waals surface area (Å²) in [5.41, 5.74) is 2.43. The molecule has 82 valence electrons. The fourth-order valence-electron chi connectivity index (χ4n) is 1.73. The third-order valence-corrected chi connectivity index (χ3v) is 4.31. The fourth-order valence-corrected chi connectivity index (χ4v) is 2.99. The van der Waals surface area contributed by atoms with Gasteiger partial charge in [-0.1, -0.05) is 24.3 Å². The van der Waals surface area contributed by atoms with Crippen LogP contribution in [-0.2, 0) is 4.74 Å². The van der Waals surface area contributed by atoms with Crippen molar-refractivity contribution in [3.8, 4) is 10.6 Å². The number of hydrogen-bond acceptors (Lipinski definition) is 3. The highest BCUT2D eigenvalue weighted by Crippen LogP contribution is 2.31. The van der Waals surface area contributed by atoms with Crippen molar-refractivity contribution in [3.05, 3.63) is 39.8 Å². The maximum atomic E-state index is 5.45. The zero-order valence-corrected chi connectivity index (χ0v) is 10.9. The second-order valence-electron chi connectivity index (χ2n) is 3.75. The van der Waals surface area contributed by atoms with Gasteiger partial charge in [0.15, 0.2) is 0 Å². The van der Waals surface area contributed by atoms with Crippen molar-refractivity contribution in [1.29, 1.82) is 0 Å². The number of nitrogens with zero attached hydrogens (tertiary/aromatic N) is 1. The Balaban J connectivity index is 1.86. The topological polar surface area (TPSA) is 22.1 Å². The highest BCUT2D eigenvalue weighted by Gasteiger charge is 2.19. The van der Waals surface area contributed by atoms with Crippen LogP contribution < -0.4 is 0 Å². The first kappa shape index (κ1) is 10.4. The second kappa shape index (κ2) is 4.28. The molecule has 0 N–H and O–H groups in total. The molecule has 4 heteroatoms. The summed E-state index contributed by atoms with van der Waals surface area (Å²) in [7, 11) is 0. The molecule has 0 radical (unpaired) electrons. The molecule has 1 fully saturated rings. The summed E-state index contributed by atoms with van der Waals surface area (Å²) in [6.07, 6.45) is 1.46. The van der Waals surface area contributed by atoms with Crippen molar-refractivity contribution in [3.63, 3.8) is 0 Å². The number of ether oxygens (including phenoxy) is 1. The zero-order valence-electron chi connectivity index (χ0n) is 8.52. The van der Waals surface area contributed by atoms with Gasteiger partial charge in [0.05, 0.1) is 12.7 Å². The number of aromatic nitrogens is 1. The summed E-state index contributed by atoms with van der Waals surface area (Å²) in [6, 6.07) is 8.49. The number of thiazole rings is 1. The summed E-state index contributed by atoms with van der Waals surface area (Å²) in [6.45, 7) is 0.895. The molecule has 0 aliphatic carbocycles. The highest BCUT2D eigenvalue weighted by atomic mass is 79.9. The van der Waals surface area contributed by atoms with E-state index in [0.29, 0.717) is 6.10 Å². The van der Waals surface area contributed by atoms with Crippen molar-refractivity contribution >= 4 is 27.3 Å². The van der Waals surface area contributed by atoms with E-state index in [2.05, 4.69) is 45.2 Å². The van der Waals surface area contributed by atoms with Crippen LogP contribution in [0, 0.1) is 0 Å². The Morgan fingerprint density at radius 2 is 2.06 bits per heavy atom. The van der Waals surface area contributed by atoms with Crippen molar-refractivity contribution in [2.45, 2.75) is 12.5 Å². The van der Waals surface area contributed by atoms with Crippen LogP contribution in [0.25, 0.3) is 10.6 Å². The molecular weight excluding hydrogens is 286 g/mol. The van der Waals surface area contributed by atoms with Crippen molar-refractivity contribution < 1.29 is 4.74 Å². The molecule has 1 aromatic carbocycles. The van der Waals surface area contributed by atoms with Crippen LogP contribution in [0.5, 0.6) is 0 Å². The summed E-state index contributed by atoms with van der Waals surface area (Å²) >= 11 is 5.01. The van der Waals surface area contributed by atoms with E-state index < -0.39 is 0 Å². The first-order valence-corrected chi connectivity index (χ1v) is 6.83. The average Bonchev–Trinajstić information content (AvgIpc) is 2.63. The lowest BCUT2D eigenvalue weighted by Crippen LogP contribution is -2.17. The van der Waals surface area contributed by atoms with E-state index in [9.17, 15) is 0 Å². The van der Waals surface area contributed by atoms with Gasteiger partial charge in [0.25, 0.3) is 0 Å². The Bertz CT molecular complexity index is 490. The number of benzene rings is 1. The summed E-state index contributed by atoms with van der Waals surface area (Å²) in [5, 5.41) is 3.05. The van der Waals surface area contributed by atoms with E-state index in [4.69, 9.17) is 4.74 Å². The SMILES string of the molecule is Brc1csc(-c2ccc(C3CCO3)cc2)n1. The van der Waals surface area contributed by atoms with E-state index in [-0.39, 0.29) is 0 Å². The van der Waals surface area contributed by atoms with Crippen LogP contribution in [0.2, 0.25) is 0 Å². The molecule has 2 heterocycles. The minimum absolute atomic E-state index is 0.317. The maximum Gasteiger partial charge on any atom is 0.124 e. The second-order valence-corrected chi connectivity index (χ2v) is 5.42. The van der Waals surface area contributed by atoms with Crippen LogP contribution in [-0.4, -0.2) is 11.6 Å². The minimum Gasteiger partial charge on any atom is -0.373 e. The van der Waals surface area contributed by atoms with Gasteiger partial charge in [-0.15, -0.1) is 11.3 Å². The molecule has 1 aliphatic rings. The molecule has 1 atom stereocenters. The van der Waals surface area contributed by atoms with Gasteiger partial charge in [0.2, 0.25) is 0 Å². The van der Waals surface area contributed by atoms with Gasteiger partial charge in [-0.25, -0.2) is 4.98 Å². The number of halogens is 1. The van der Waals surface area contributed by atoms with E-state index in [1.165, 1.54) is 11.1 Å². The molecule has 0 saturated carbocycles. The van der Waals surface area contributed by atoms with Crippen molar-refractivity contribution in [2.24, 2.45) is 0 Å². The molecule has 0 spiro atoms.